The smallest absolute Gasteiger partial charge is 0.202 e. The Kier molecular flexibility index (Phi) is 5.20. The summed E-state index contributed by atoms with van der Waals surface area (Å²) in [6.45, 7) is 7.33. The van der Waals surface area contributed by atoms with E-state index < -0.39 is 11.2 Å². The largest absolute Gasteiger partial charge is 0.488 e. The second-order valence-electron chi connectivity index (χ2n) is 8.75. The lowest BCUT2D eigenvalue weighted by Gasteiger charge is -2.22. The third kappa shape index (κ3) is 3.75. The Morgan fingerprint density at radius 3 is 2.87 bits per heavy atom. The van der Waals surface area contributed by atoms with Crippen molar-refractivity contribution in [2.75, 3.05) is 24.2 Å². The van der Waals surface area contributed by atoms with Gasteiger partial charge in [-0.1, -0.05) is 13.8 Å². The number of ketones is 1. The lowest BCUT2D eigenvalue weighted by molar-refractivity contribution is 0.101. The molecule has 8 nitrogen and oxygen atoms in total. The van der Waals surface area contributed by atoms with Crippen molar-refractivity contribution in [2.24, 2.45) is 5.41 Å². The number of anilines is 2. The van der Waals surface area contributed by atoms with Crippen LogP contribution in [0.4, 0.5) is 15.8 Å². The average Bonchev–Trinajstić information content (AvgIpc) is 3.18. The predicted octanol–water partition coefficient (Wildman–Crippen LogP) is 3.04. The van der Waals surface area contributed by atoms with Crippen LogP contribution in [-0.4, -0.2) is 33.1 Å². The molecular formula is C22H26FN5O3. The molecule has 0 aliphatic carbocycles. The van der Waals surface area contributed by atoms with E-state index in [-0.39, 0.29) is 39.3 Å². The molecule has 2 aromatic heterocycles. The van der Waals surface area contributed by atoms with Crippen LogP contribution in [0, 0.1) is 11.2 Å². The highest BCUT2D eigenvalue weighted by atomic mass is 19.1. The number of nitrogen functional groups attached to an aromatic ring is 1. The molecule has 4 rings (SSSR count). The van der Waals surface area contributed by atoms with E-state index in [2.05, 4.69) is 10.3 Å². The summed E-state index contributed by atoms with van der Waals surface area (Å²) in [7, 11) is 0. The van der Waals surface area contributed by atoms with Crippen molar-refractivity contribution in [1.82, 2.24) is 14.1 Å². The van der Waals surface area contributed by atoms with Crippen LogP contribution >= 0.6 is 0 Å². The van der Waals surface area contributed by atoms with Crippen molar-refractivity contribution < 1.29 is 13.9 Å². The summed E-state index contributed by atoms with van der Waals surface area (Å²) in [5, 5.41) is 3.09. The van der Waals surface area contributed by atoms with Crippen LogP contribution in [0.2, 0.25) is 0 Å². The number of aryl methyl sites for hydroxylation is 1. The van der Waals surface area contributed by atoms with Crippen molar-refractivity contribution in [3.63, 3.8) is 0 Å². The molecule has 1 aliphatic heterocycles. The molecule has 3 aromatic rings. The number of imidazole rings is 1. The Labute approximate surface area is 178 Å². The number of nitrogens with one attached hydrogen (secondary N) is 1. The molecule has 164 valence electrons. The minimum atomic E-state index is -0.741. The Morgan fingerprint density at radius 2 is 2.19 bits per heavy atom. The van der Waals surface area contributed by atoms with Crippen LogP contribution in [0.3, 0.4) is 0 Å². The second kappa shape index (κ2) is 7.72. The van der Waals surface area contributed by atoms with Gasteiger partial charge in [0.2, 0.25) is 5.43 Å². The summed E-state index contributed by atoms with van der Waals surface area (Å²) in [5.41, 5.74) is 5.48. The van der Waals surface area contributed by atoms with Crippen molar-refractivity contribution in [3.8, 4) is 5.75 Å². The van der Waals surface area contributed by atoms with E-state index in [0.29, 0.717) is 31.8 Å². The zero-order valence-corrected chi connectivity index (χ0v) is 17.9. The number of nitrogens with zero attached hydrogens (tertiary/aromatic N) is 3. The number of carbonyl (C=O) groups is 1. The summed E-state index contributed by atoms with van der Waals surface area (Å²) >= 11 is 0. The van der Waals surface area contributed by atoms with Gasteiger partial charge in [0, 0.05) is 43.6 Å². The van der Waals surface area contributed by atoms with Crippen molar-refractivity contribution in [3.05, 3.63) is 46.5 Å². The maximum Gasteiger partial charge on any atom is 0.202 e. The number of carbonyl (C=O) groups excluding carboxylic acids is 1. The van der Waals surface area contributed by atoms with Gasteiger partial charge in [0.25, 0.3) is 0 Å². The first-order valence-electron chi connectivity index (χ1n) is 10.2. The number of pyridine rings is 1. The summed E-state index contributed by atoms with van der Waals surface area (Å²) in [6.07, 6.45) is 7.54. The van der Waals surface area contributed by atoms with Gasteiger partial charge in [0.1, 0.15) is 5.69 Å². The van der Waals surface area contributed by atoms with E-state index in [0.717, 1.165) is 6.42 Å². The van der Waals surface area contributed by atoms with Crippen LogP contribution in [0.1, 0.15) is 37.6 Å². The van der Waals surface area contributed by atoms with Gasteiger partial charge in [-0.15, -0.1) is 0 Å². The van der Waals surface area contributed by atoms with Gasteiger partial charge in [-0.25, -0.2) is 9.37 Å². The number of rotatable bonds is 6. The summed E-state index contributed by atoms with van der Waals surface area (Å²) < 4.78 is 25.1. The fourth-order valence-electron chi connectivity index (χ4n) is 3.96. The van der Waals surface area contributed by atoms with Crippen LogP contribution < -0.4 is 21.2 Å². The fraction of sp³-hybridized carbons (Fsp3) is 0.409. The van der Waals surface area contributed by atoms with Crippen molar-refractivity contribution >= 4 is 28.1 Å². The van der Waals surface area contributed by atoms with Crippen LogP contribution in [0.25, 0.3) is 10.9 Å². The molecule has 0 fully saturated rings. The number of nitrogens with two attached hydrogens (primary N) is 1. The van der Waals surface area contributed by atoms with E-state index in [1.165, 1.54) is 13.1 Å². The van der Waals surface area contributed by atoms with E-state index in [1.54, 1.807) is 17.1 Å². The number of aromatic nitrogens is 3. The topological polar surface area (TPSA) is 104 Å². The number of benzene rings is 1. The first-order valence-corrected chi connectivity index (χ1v) is 10.2. The minimum Gasteiger partial charge on any atom is -0.488 e. The molecule has 9 heteroatoms. The van der Waals surface area contributed by atoms with Gasteiger partial charge in [0.05, 0.1) is 35.1 Å². The average molecular weight is 427 g/mol. The SMILES string of the molecule is CC(=O)c1cn2c3c(c(NCCCn4ccnc4)c(F)c(N)c3c1=O)OCC(C)(C)C2. The van der Waals surface area contributed by atoms with Gasteiger partial charge in [-0.3, -0.25) is 9.59 Å². The number of ether oxygens (including phenoxy) is 1. The van der Waals surface area contributed by atoms with Gasteiger partial charge in [-0.2, -0.15) is 0 Å². The first-order chi connectivity index (χ1) is 14.7. The Hall–Kier alpha value is -3.36. The highest BCUT2D eigenvalue weighted by Gasteiger charge is 2.31. The Balaban J connectivity index is 1.82. The lowest BCUT2D eigenvalue weighted by atomic mass is 9.94. The van der Waals surface area contributed by atoms with Crippen LogP contribution in [-0.2, 0) is 13.1 Å². The summed E-state index contributed by atoms with van der Waals surface area (Å²) in [4.78, 5) is 29.1. The van der Waals surface area contributed by atoms with E-state index in [9.17, 15) is 9.59 Å². The highest BCUT2D eigenvalue weighted by Crippen LogP contribution is 2.43. The number of halogens is 1. The third-order valence-electron chi connectivity index (χ3n) is 5.49. The molecule has 0 atom stereocenters. The molecule has 0 saturated heterocycles. The Bertz CT molecular complexity index is 1210. The molecule has 1 aliphatic rings. The molecule has 31 heavy (non-hydrogen) atoms. The van der Waals surface area contributed by atoms with E-state index >= 15 is 4.39 Å². The molecule has 0 bridgehead atoms. The molecule has 0 saturated carbocycles. The zero-order chi connectivity index (χ0) is 22.3. The molecule has 1 aromatic carbocycles. The summed E-state index contributed by atoms with van der Waals surface area (Å²) in [6, 6.07) is 0. The van der Waals surface area contributed by atoms with Gasteiger partial charge in [-0.05, 0) is 13.3 Å². The summed E-state index contributed by atoms with van der Waals surface area (Å²) in [5.74, 6) is -0.877. The first kappa shape index (κ1) is 20.9. The van der Waals surface area contributed by atoms with Gasteiger partial charge < -0.3 is 24.9 Å². The van der Waals surface area contributed by atoms with Gasteiger partial charge >= 0.3 is 0 Å². The van der Waals surface area contributed by atoms with Crippen molar-refractivity contribution in [2.45, 2.75) is 40.3 Å². The number of hydrogen-bond donors (Lipinski definition) is 2. The monoisotopic (exact) mass is 427 g/mol. The highest BCUT2D eigenvalue weighted by molar-refractivity contribution is 6.04. The maximum absolute atomic E-state index is 15.4. The van der Waals surface area contributed by atoms with Crippen molar-refractivity contribution in [1.29, 1.82) is 0 Å². The van der Waals surface area contributed by atoms with E-state index in [4.69, 9.17) is 10.5 Å². The second-order valence-corrected chi connectivity index (χ2v) is 8.75. The molecule has 0 amide bonds. The van der Waals surface area contributed by atoms with Crippen LogP contribution in [0.15, 0.2) is 29.7 Å². The number of hydrogen-bond acceptors (Lipinski definition) is 6. The molecule has 0 radical (unpaired) electrons. The normalized spacial score (nSPS) is 14.8. The quantitative estimate of drug-likeness (QED) is 0.356. The van der Waals surface area contributed by atoms with Crippen LogP contribution in [0.5, 0.6) is 5.75 Å². The molecule has 3 heterocycles. The molecule has 3 N–H and O–H groups in total. The third-order valence-corrected chi connectivity index (χ3v) is 5.49. The van der Waals surface area contributed by atoms with Gasteiger partial charge in [0.15, 0.2) is 17.3 Å². The minimum absolute atomic E-state index is 0.0108. The molecule has 0 unspecified atom stereocenters. The molecule has 0 spiro atoms. The van der Waals surface area contributed by atoms with E-state index in [1.807, 2.05) is 24.6 Å². The lowest BCUT2D eigenvalue weighted by Crippen LogP contribution is -2.26. The Morgan fingerprint density at radius 1 is 1.42 bits per heavy atom. The number of Topliss-reactive ketones (excluding diaryl/α,β-unsaturated/α-hetero) is 1. The molecular weight excluding hydrogens is 401 g/mol. The standard InChI is InChI=1S/C22H26FN5O3/c1-13(29)14-9-28-10-22(2,3)11-31-21-18(26-5-4-7-27-8-6-25-12-27)16(23)17(24)15(19(21)28)20(14)30/h6,8-9,12,26H,4-5,7,10-11,24H2,1-3H3. The predicted molar refractivity (Wildman–Crippen MR) is 117 cm³/mol. The maximum atomic E-state index is 15.4. The zero-order valence-electron chi connectivity index (χ0n) is 17.9. The fourth-order valence-corrected chi connectivity index (χ4v) is 3.96.